The molecule has 0 fully saturated rings. The maximum atomic E-state index is 4.75. The monoisotopic (exact) mass is 259 g/mol. The summed E-state index contributed by atoms with van der Waals surface area (Å²) in [7, 11) is 1.96. The van der Waals surface area contributed by atoms with Crippen molar-refractivity contribution in [2.75, 3.05) is 6.54 Å². The van der Waals surface area contributed by atoms with E-state index in [4.69, 9.17) is 4.98 Å². The molecule has 0 saturated carbocycles. The van der Waals surface area contributed by atoms with Crippen LogP contribution in [-0.4, -0.2) is 21.3 Å². The summed E-state index contributed by atoms with van der Waals surface area (Å²) in [6.07, 6.45) is 1.91. The Morgan fingerprint density at radius 1 is 1.47 bits per heavy atom. The lowest BCUT2D eigenvalue weighted by atomic mass is 9.99. The smallest absolute Gasteiger partial charge is 0.158 e. The summed E-state index contributed by atoms with van der Waals surface area (Å²) >= 11 is 0. The van der Waals surface area contributed by atoms with E-state index >= 15 is 0 Å². The first-order valence-electron chi connectivity index (χ1n) is 6.80. The Kier molecular flexibility index (Phi) is 4.00. The van der Waals surface area contributed by atoms with Gasteiger partial charge in [-0.1, -0.05) is 20.4 Å². The third-order valence-electron chi connectivity index (χ3n) is 3.36. The van der Waals surface area contributed by atoms with Gasteiger partial charge in [-0.3, -0.25) is 4.68 Å². The number of fused-ring (bicyclic) bond motifs is 1. The number of hydrogen-bond acceptors (Lipinski definition) is 2. The molecule has 4 nitrogen and oxygen atoms in total. The molecule has 0 aliphatic rings. The number of rotatable bonds is 5. The molecule has 0 atom stereocenters. The Bertz CT molecular complexity index is 596. The number of aryl methyl sites for hydroxylation is 2. The van der Waals surface area contributed by atoms with Crippen molar-refractivity contribution in [2.24, 2.45) is 7.05 Å². The summed E-state index contributed by atoms with van der Waals surface area (Å²) in [6.45, 7) is 12.0. The summed E-state index contributed by atoms with van der Waals surface area (Å²) in [5.41, 5.74) is 4.51. The molecule has 0 saturated heterocycles. The van der Waals surface area contributed by atoms with Crippen LogP contribution >= 0.6 is 0 Å². The first kappa shape index (κ1) is 13.7. The van der Waals surface area contributed by atoms with Crippen molar-refractivity contribution in [3.8, 4) is 0 Å². The molecular formula is C15H23N4+. The van der Waals surface area contributed by atoms with Gasteiger partial charge < -0.3 is 5.32 Å². The third-order valence-corrected chi connectivity index (χ3v) is 3.36. The van der Waals surface area contributed by atoms with E-state index in [2.05, 4.69) is 43.8 Å². The second-order valence-corrected chi connectivity index (χ2v) is 5.28. The van der Waals surface area contributed by atoms with Crippen molar-refractivity contribution in [1.29, 1.82) is 0 Å². The Labute approximate surface area is 114 Å². The van der Waals surface area contributed by atoms with Crippen LogP contribution in [0.5, 0.6) is 0 Å². The molecule has 2 rings (SSSR count). The van der Waals surface area contributed by atoms with Gasteiger partial charge in [0.05, 0.1) is 17.9 Å². The van der Waals surface area contributed by atoms with E-state index < -0.39 is 0 Å². The normalized spacial score (nSPS) is 11.4. The molecule has 0 spiro atoms. The summed E-state index contributed by atoms with van der Waals surface area (Å²) in [4.78, 5) is 4.75. The highest BCUT2D eigenvalue weighted by Gasteiger charge is 2.15. The summed E-state index contributed by atoms with van der Waals surface area (Å²) < 4.78 is 1.88. The van der Waals surface area contributed by atoms with Gasteiger partial charge in [0, 0.05) is 12.4 Å². The fraction of sp³-hybridized carbons (Fsp3) is 0.467. The van der Waals surface area contributed by atoms with Crippen molar-refractivity contribution < 1.29 is 5.32 Å². The van der Waals surface area contributed by atoms with E-state index in [9.17, 15) is 0 Å². The summed E-state index contributed by atoms with van der Waals surface area (Å²) in [5.74, 6) is 0.478. The zero-order chi connectivity index (χ0) is 14.0. The number of aromatic nitrogens is 3. The van der Waals surface area contributed by atoms with Gasteiger partial charge >= 0.3 is 0 Å². The predicted molar refractivity (Wildman–Crippen MR) is 78.0 cm³/mol. The molecule has 0 radical (unpaired) electrons. The van der Waals surface area contributed by atoms with E-state index in [1.54, 1.807) is 0 Å². The first-order valence-corrected chi connectivity index (χ1v) is 6.80. The van der Waals surface area contributed by atoms with Crippen LogP contribution < -0.4 is 5.32 Å². The second kappa shape index (κ2) is 5.53. The molecule has 4 heteroatoms. The molecule has 2 heterocycles. The van der Waals surface area contributed by atoms with Gasteiger partial charge in [0.2, 0.25) is 0 Å². The van der Waals surface area contributed by atoms with Gasteiger partial charge in [0.15, 0.2) is 5.65 Å². The minimum absolute atomic E-state index is 0.478. The fourth-order valence-electron chi connectivity index (χ4n) is 2.44. The molecule has 0 aromatic carbocycles. The lowest BCUT2D eigenvalue weighted by Crippen LogP contribution is -2.82. The number of pyridine rings is 1. The first-order chi connectivity index (χ1) is 9.04. The van der Waals surface area contributed by atoms with E-state index in [1.165, 1.54) is 10.9 Å². The van der Waals surface area contributed by atoms with Gasteiger partial charge in [0.25, 0.3) is 0 Å². The Morgan fingerprint density at radius 2 is 2.21 bits per heavy atom. The molecule has 2 aromatic heterocycles. The lowest BCUT2D eigenvalue weighted by molar-refractivity contribution is -0.662. The van der Waals surface area contributed by atoms with Crippen LogP contribution in [0.4, 0.5) is 0 Å². The molecule has 0 bridgehead atoms. The Morgan fingerprint density at radius 3 is 2.84 bits per heavy atom. The number of hydrogen-bond donors (Lipinski definition) is 1. The van der Waals surface area contributed by atoms with Crippen LogP contribution in [0.3, 0.4) is 0 Å². The van der Waals surface area contributed by atoms with Gasteiger partial charge in [-0.25, -0.2) is 4.98 Å². The van der Waals surface area contributed by atoms with E-state index in [0.29, 0.717) is 5.92 Å². The molecule has 0 aliphatic heterocycles. The zero-order valence-electron chi connectivity index (χ0n) is 12.3. The molecular weight excluding hydrogens is 236 g/mol. The number of quaternary nitrogens is 1. The van der Waals surface area contributed by atoms with Crippen LogP contribution in [0.1, 0.15) is 36.7 Å². The van der Waals surface area contributed by atoms with Crippen molar-refractivity contribution in [3.63, 3.8) is 0 Å². The minimum atomic E-state index is 0.478. The van der Waals surface area contributed by atoms with E-state index in [1.807, 2.05) is 17.8 Å². The quantitative estimate of drug-likeness (QED) is 0.655. The maximum Gasteiger partial charge on any atom is 0.158 e. The summed E-state index contributed by atoms with van der Waals surface area (Å²) in [5, 5.41) is 7.91. The van der Waals surface area contributed by atoms with Crippen LogP contribution in [-0.2, 0) is 13.6 Å². The van der Waals surface area contributed by atoms with Gasteiger partial charge in [0.1, 0.15) is 6.54 Å². The second-order valence-electron chi connectivity index (χ2n) is 5.28. The van der Waals surface area contributed by atoms with E-state index in [0.717, 1.165) is 30.1 Å². The van der Waals surface area contributed by atoms with Gasteiger partial charge in [-0.05, 0) is 30.5 Å². The minimum Gasteiger partial charge on any atom is -0.338 e. The van der Waals surface area contributed by atoms with Gasteiger partial charge in [-0.2, -0.15) is 5.10 Å². The van der Waals surface area contributed by atoms with Gasteiger partial charge in [-0.15, -0.1) is 0 Å². The standard InChI is InChI=1S/C15H22N4/c1-6-7-16-9-12-8-13(10(2)3)14-11(4)18-19(5)15(14)17-12/h6,8,10,16H,1,7,9H2,2-5H3/p+1. The lowest BCUT2D eigenvalue weighted by Gasteiger charge is -2.10. The van der Waals surface area contributed by atoms with Crippen molar-refractivity contribution in [3.05, 3.63) is 35.7 Å². The highest BCUT2D eigenvalue weighted by molar-refractivity contribution is 5.82. The maximum absolute atomic E-state index is 4.75. The molecule has 2 aromatic rings. The number of nitrogens with zero attached hydrogens (tertiary/aromatic N) is 3. The topological polar surface area (TPSA) is 47.3 Å². The van der Waals surface area contributed by atoms with Crippen LogP contribution in [0, 0.1) is 6.92 Å². The molecule has 0 aliphatic carbocycles. The predicted octanol–water partition coefficient (Wildman–Crippen LogP) is 1.65. The average molecular weight is 259 g/mol. The van der Waals surface area contributed by atoms with Crippen LogP contribution in [0.15, 0.2) is 18.7 Å². The molecule has 102 valence electrons. The van der Waals surface area contributed by atoms with Crippen LogP contribution in [0.2, 0.25) is 0 Å². The molecule has 2 N–H and O–H groups in total. The molecule has 0 unspecified atom stereocenters. The molecule has 19 heavy (non-hydrogen) atoms. The zero-order valence-corrected chi connectivity index (χ0v) is 12.3. The Hall–Kier alpha value is -1.68. The van der Waals surface area contributed by atoms with Crippen molar-refractivity contribution in [1.82, 2.24) is 14.8 Å². The van der Waals surface area contributed by atoms with Crippen LogP contribution in [0.25, 0.3) is 11.0 Å². The van der Waals surface area contributed by atoms with Crippen molar-refractivity contribution in [2.45, 2.75) is 33.2 Å². The van der Waals surface area contributed by atoms with Crippen molar-refractivity contribution >= 4 is 11.0 Å². The SMILES string of the molecule is C=CC[NH2+]Cc1cc(C(C)C)c2c(C)nn(C)c2n1. The number of nitrogens with two attached hydrogens (primary N) is 1. The molecule has 0 amide bonds. The largest absolute Gasteiger partial charge is 0.338 e. The van der Waals surface area contributed by atoms with E-state index in [-0.39, 0.29) is 0 Å². The highest BCUT2D eigenvalue weighted by Crippen LogP contribution is 2.27. The average Bonchev–Trinajstić information content (AvgIpc) is 2.64. The fourth-order valence-corrected chi connectivity index (χ4v) is 2.44. The Balaban J connectivity index is 2.50. The highest BCUT2D eigenvalue weighted by atomic mass is 15.3. The third kappa shape index (κ3) is 2.68. The summed E-state index contributed by atoms with van der Waals surface area (Å²) in [6, 6.07) is 2.22.